The van der Waals surface area contributed by atoms with E-state index in [4.69, 9.17) is 4.52 Å². The maximum Gasteiger partial charge on any atom is 0.238 e. The molecular formula is C14H13N5O. The predicted molar refractivity (Wildman–Crippen MR) is 73.3 cm³/mol. The lowest BCUT2D eigenvalue weighted by Gasteiger charge is -2.05. The molecule has 6 heteroatoms. The van der Waals surface area contributed by atoms with Crippen LogP contribution in [0.15, 0.2) is 41.2 Å². The summed E-state index contributed by atoms with van der Waals surface area (Å²) in [4.78, 5) is 11.5. The molecule has 1 atom stereocenters. The summed E-state index contributed by atoms with van der Waals surface area (Å²) in [7, 11) is 0. The summed E-state index contributed by atoms with van der Waals surface area (Å²) in [6.07, 6.45) is 4.14. The molecule has 4 rings (SSSR count). The lowest BCUT2D eigenvalue weighted by Crippen LogP contribution is -2.05. The molecule has 0 radical (unpaired) electrons. The molecule has 1 aromatic carbocycles. The van der Waals surface area contributed by atoms with Crippen molar-refractivity contribution >= 4 is 5.69 Å². The molecule has 0 saturated carbocycles. The van der Waals surface area contributed by atoms with E-state index in [9.17, 15) is 0 Å². The molecule has 0 bridgehead atoms. The Hall–Kier alpha value is -2.63. The predicted octanol–water partition coefficient (Wildman–Crippen LogP) is 2.21. The second-order valence-electron chi connectivity index (χ2n) is 4.82. The summed E-state index contributed by atoms with van der Waals surface area (Å²) in [6.45, 7) is 0.901. The van der Waals surface area contributed by atoms with Gasteiger partial charge in [0, 0.05) is 37.0 Å². The van der Waals surface area contributed by atoms with Crippen molar-refractivity contribution in [2.75, 3.05) is 11.9 Å². The number of para-hydroxylation sites is 1. The van der Waals surface area contributed by atoms with Gasteiger partial charge in [0.1, 0.15) is 0 Å². The van der Waals surface area contributed by atoms with Crippen molar-refractivity contribution in [1.82, 2.24) is 20.1 Å². The average Bonchev–Trinajstić information content (AvgIpc) is 3.19. The first-order valence-electron chi connectivity index (χ1n) is 6.55. The number of imidazole rings is 1. The normalized spacial score (nSPS) is 16.9. The second kappa shape index (κ2) is 4.48. The zero-order valence-corrected chi connectivity index (χ0v) is 10.7. The van der Waals surface area contributed by atoms with Gasteiger partial charge in [-0.2, -0.15) is 4.98 Å². The topological polar surface area (TPSA) is 79.6 Å². The third-order valence-corrected chi connectivity index (χ3v) is 3.54. The summed E-state index contributed by atoms with van der Waals surface area (Å²) in [5.41, 5.74) is 2.51. The number of aromatic nitrogens is 4. The van der Waals surface area contributed by atoms with Gasteiger partial charge < -0.3 is 14.8 Å². The Labute approximate surface area is 115 Å². The van der Waals surface area contributed by atoms with Crippen LogP contribution in [0.25, 0.3) is 11.6 Å². The SMILES string of the molecule is c1ccc2c(c1)NCC2Cc1nc(-c2ncc[nH]2)no1. The molecule has 2 aromatic heterocycles. The number of fused-ring (bicyclic) bond motifs is 1. The van der Waals surface area contributed by atoms with Gasteiger partial charge >= 0.3 is 0 Å². The Morgan fingerprint density at radius 2 is 2.25 bits per heavy atom. The van der Waals surface area contributed by atoms with Crippen LogP contribution in [0.5, 0.6) is 0 Å². The molecule has 1 aliphatic heterocycles. The maximum atomic E-state index is 5.32. The Morgan fingerprint density at radius 3 is 3.15 bits per heavy atom. The molecule has 0 spiro atoms. The Balaban J connectivity index is 1.56. The fourth-order valence-corrected chi connectivity index (χ4v) is 2.57. The lowest BCUT2D eigenvalue weighted by atomic mass is 9.98. The summed E-state index contributed by atoms with van der Waals surface area (Å²) in [6, 6.07) is 8.33. The van der Waals surface area contributed by atoms with Crippen LogP contribution in [0.3, 0.4) is 0 Å². The maximum absolute atomic E-state index is 5.32. The Kier molecular flexibility index (Phi) is 2.51. The van der Waals surface area contributed by atoms with E-state index in [0.717, 1.165) is 13.0 Å². The Bertz CT molecular complexity index is 719. The summed E-state index contributed by atoms with van der Waals surface area (Å²) in [5.74, 6) is 2.14. The number of anilines is 1. The van der Waals surface area contributed by atoms with Crippen molar-refractivity contribution in [1.29, 1.82) is 0 Å². The molecule has 0 saturated heterocycles. The van der Waals surface area contributed by atoms with Gasteiger partial charge in [0.2, 0.25) is 11.7 Å². The highest BCUT2D eigenvalue weighted by Crippen LogP contribution is 2.33. The molecule has 1 aliphatic rings. The highest BCUT2D eigenvalue weighted by atomic mass is 16.5. The summed E-state index contributed by atoms with van der Waals surface area (Å²) >= 11 is 0. The first kappa shape index (κ1) is 11.2. The largest absolute Gasteiger partial charge is 0.384 e. The molecule has 0 aliphatic carbocycles. The van der Waals surface area contributed by atoms with Crippen molar-refractivity contribution in [3.05, 3.63) is 48.1 Å². The van der Waals surface area contributed by atoms with Crippen LogP contribution in [-0.2, 0) is 6.42 Å². The van der Waals surface area contributed by atoms with Crippen LogP contribution in [0.1, 0.15) is 17.4 Å². The molecule has 0 amide bonds. The molecule has 2 N–H and O–H groups in total. The van der Waals surface area contributed by atoms with E-state index in [1.165, 1.54) is 11.3 Å². The van der Waals surface area contributed by atoms with Crippen molar-refractivity contribution < 1.29 is 4.52 Å². The van der Waals surface area contributed by atoms with Crippen molar-refractivity contribution in [3.8, 4) is 11.6 Å². The van der Waals surface area contributed by atoms with E-state index in [0.29, 0.717) is 23.5 Å². The number of nitrogens with one attached hydrogen (secondary N) is 2. The van der Waals surface area contributed by atoms with Crippen molar-refractivity contribution in [2.24, 2.45) is 0 Å². The lowest BCUT2D eigenvalue weighted by molar-refractivity contribution is 0.371. The van der Waals surface area contributed by atoms with Gasteiger partial charge in [-0.3, -0.25) is 0 Å². The van der Waals surface area contributed by atoms with Crippen molar-refractivity contribution in [3.63, 3.8) is 0 Å². The third kappa shape index (κ3) is 1.85. The number of hydrogen-bond donors (Lipinski definition) is 2. The molecule has 100 valence electrons. The van der Waals surface area contributed by atoms with Crippen LogP contribution in [0.2, 0.25) is 0 Å². The van der Waals surface area contributed by atoms with Crippen LogP contribution in [-0.4, -0.2) is 26.7 Å². The van der Waals surface area contributed by atoms with E-state index in [2.05, 4.69) is 43.6 Å². The van der Waals surface area contributed by atoms with Gasteiger partial charge in [-0.15, -0.1) is 0 Å². The fraction of sp³-hybridized carbons (Fsp3) is 0.214. The molecule has 3 aromatic rings. The van der Waals surface area contributed by atoms with Crippen LogP contribution < -0.4 is 5.32 Å². The quantitative estimate of drug-likeness (QED) is 0.760. The number of benzene rings is 1. The van der Waals surface area contributed by atoms with E-state index in [-0.39, 0.29) is 0 Å². The van der Waals surface area contributed by atoms with Gasteiger partial charge in [-0.1, -0.05) is 23.4 Å². The number of nitrogens with zero attached hydrogens (tertiary/aromatic N) is 3. The van der Waals surface area contributed by atoms with E-state index in [1.807, 2.05) is 6.07 Å². The fourth-order valence-electron chi connectivity index (χ4n) is 2.57. The molecular weight excluding hydrogens is 254 g/mol. The minimum absolute atomic E-state index is 0.371. The van der Waals surface area contributed by atoms with Gasteiger partial charge in [-0.05, 0) is 11.6 Å². The monoisotopic (exact) mass is 267 g/mol. The van der Waals surface area contributed by atoms with Crippen LogP contribution >= 0.6 is 0 Å². The molecule has 3 heterocycles. The highest BCUT2D eigenvalue weighted by Gasteiger charge is 2.24. The third-order valence-electron chi connectivity index (χ3n) is 3.54. The minimum atomic E-state index is 0.371. The number of aromatic amines is 1. The van der Waals surface area contributed by atoms with E-state index < -0.39 is 0 Å². The minimum Gasteiger partial charge on any atom is -0.384 e. The van der Waals surface area contributed by atoms with Gasteiger partial charge in [0.15, 0.2) is 5.82 Å². The highest BCUT2D eigenvalue weighted by molar-refractivity contribution is 5.57. The number of H-pyrrole nitrogens is 1. The van der Waals surface area contributed by atoms with Gasteiger partial charge in [-0.25, -0.2) is 4.98 Å². The summed E-state index contributed by atoms with van der Waals surface area (Å²) < 4.78 is 5.32. The Morgan fingerprint density at radius 1 is 1.30 bits per heavy atom. The average molecular weight is 267 g/mol. The molecule has 1 unspecified atom stereocenters. The first-order valence-corrected chi connectivity index (χ1v) is 6.55. The summed E-state index contributed by atoms with van der Waals surface area (Å²) in [5, 5.41) is 7.35. The van der Waals surface area contributed by atoms with Crippen molar-refractivity contribution in [2.45, 2.75) is 12.3 Å². The number of rotatable bonds is 3. The smallest absolute Gasteiger partial charge is 0.238 e. The first-order chi connectivity index (χ1) is 9.90. The second-order valence-corrected chi connectivity index (χ2v) is 4.82. The van der Waals surface area contributed by atoms with Gasteiger partial charge in [0.05, 0.1) is 0 Å². The standard InChI is InChI=1S/C14H13N5O/c1-2-4-11-10(3-1)9(8-17-11)7-12-18-14(19-20-12)13-15-5-6-16-13/h1-6,9,17H,7-8H2,(H,15,16). The molecule has 6 nitrogen and oxygen atoms in total. The van der Waals surface area contributed by atoms with E-state index in [1.54, 1.807) is 12.4 Å². The van der Waals surface area contributed by atoms with E-state index >= 15 is 0 Å². The zero-order chi connectivity index (χ0) is 13.4. The van der Waals surface area contributed by atoms with Crippen LogP contribution in [0.4, 0.5) is 5.69 Å². The molecule has 0 fully saturated rings. The zero-order valence-electron chi connectivity index (χ0n) is 10.7. The van der Waals surface area contributed by atoms with Gasteiger partial charge in [0.25, 0.3) is 0 Å². The van der Waals surface area contributed by atoms with Crippen LogP contribution in [0, 0.1) is 0 Å². The number of hydrogen-bond acceptors (Lipinski definition) is 5. The molecule has 20 heavy (non-hydrogen) atoms.